The maximum atomic E-state index is 13.0. The summed E-state index contributed by atoms with van der Waals surface area (Å²) in [5.41, 5.74) is 0.127. The second kappa shape index (κ2) is 6.44. The molecule has 0 spiro atoms. The minimum Gasteiger partial charge on any atom is -0.351 e. The molecule has 1 rings (SSSR count). The first kappa shape index (κ1) is 16.1. The van der Waals surface area contributed by atoms with E-state index in [1.54, 1.807) is 0 Å². The maximum Gasteiger partial charge on any atom is 0.252 e. The highest BCUT2D eigenvalue weighted by Gasteiger charge is 2.15. The Morgan fingerprint density at radius 3 is 2.63 bits per heavy atom. The molecule has 5 nitrogen and oxygen atoms in total. The number of nitrogens with one attached hydrogen (secondary N) is 1. The molecule has 0 radical (unpaired) electrons. The number of nitrogens with zero attached hydrogens (tertiary/aromatic N) is 1. The Morgan fingerprint density at radius 2 is 2.05 bits per heavy atom. The van der Waals surface area contributed by atoms with Gasteiger partial charge in [-0.15, -0.1) is 0 Å². The van der Waals surface area contributed by atoms with Crippen LogP contribution in [0.15, 0.2) is 22.7 Å². The lowest BCUT2D eigenvalue weighted by Crippen LogP contribution is -2.34. The molecule has 0 heterocycles. The van der Waals surface area contributed by atoms with Gasteiger partial charge in [0.2, 0.25) is 10.0 Å². The Bertz CT molecular complexity index is 575. The van der Waals surface area contributed by atoms with E-state index in [0.29, 0.717) is 4.47 Å². The van der Waals surface area contributed by atoms with Crippen molar-refractivity contribution in [2.45, 2.75) is 0 Å². The number of carbonyl (C=O) groups is 1. The molecular formula is C11H14BrFN2O3S. The lowest BCUT2D eigenvalue weighted by Gasteiger charge is -2.12. The summed E-state index contributed by atoms with van der Waals surface area (Å²) >= 11 is 3.13. The number of halogens is 2. The summed E-state index contributed by atoms with van der Waals surface area (Å²) in [7, 11) is -0.528. The molecule has 0 aliphatic rings. The van der Waals surface area contributed by atoms with E-state index in [4.69, 9.17) is 0 Å². The fraction of sp³-hybridized carbons (Fsp3) is 0.364. The first-order valence-electron chi connectivity index (χ1n) is 5.37. The van der Waals surface area contributed by atoms with Crippen molar-refractivity contribution < 1.29 is 17.6 Å². The molecule has 0 saturated heterocycles. The van der Waals surface area contributed by atoms with Crippen molar-refractivity contribution >= 4 is 31.9 Å². The predicted molar refractivity (Wildman–Crippen MR) is 73.9 cm³/mol. The predicted octanol–water partition coefficient (Wildman–Crippen LogP) is 1.21. The molecule has 0 saturated carbocycles. The first-order chi connectivity index (χ1) is 8.74. The van der Waals surface area contributed by atoms with Crippen molar-refractivity contribution in [1.29, 1.82) is 0 Å². The van der Waals surface area contributed by atoms with Crippen molar-refractivity contribution in [2.24, 2.45) is 0 Å². The Labute approximate surface area is 120 Å². The minimum atomic E-state index is -3.36. The molecule has 0 aromatic heterocycles. The van der Waals surface area contributed by atoms with Gasteiger partial charge in [0.1, 0.15) is 5.82 Å². The number of carbonyl (C=O) groups excluding carboxylic acids is 1. The van der Waals surface area contributed by atoms with Crippen LogP contribution in [-0.2, 0) is 10.0 Å². The maximum absolute atomic E-state index is 13.0. The molecule has 106 valence electrons. The van der Waals surface area contributed by atoms with Crippen molar-refractivity contribution in [1.82, 2.24) is 9.62 Å². The molecule has 8 heteroatoms. The molecule has 0 fully saturated rings. The Balaban J connectivity index is 2.64. The molecule has 0 aliphatic heterocycles. The summed E-state index contributed by atoms with van der Waals surface area (Å²) in [6.07, 6.45) is 0. The average Bonchev–Trinajstić information content (AvgIpc) is 2.31. The quantitative estimate of drug-likeness (QED) is 0.865. The zero-order valence-corrected chi connectivity index (χ0v) is 12.9. The Morgan fingerprint density at radius 1 is 1.42 bits per heavy atom. The third-order valence-electron chi connectivity index (χ3n) is 2.37. The molecule has 0 aliphatic carbocycles. The van der Waals surface area contributed by atoms with E-state index in [9.17, 15) is 17.6 Å². The number of benzene rings is 1. The summed E-state index contributed by atoms with van der Waals surface area (Å²) in [6, 6.07) is 3.72. The smallest absolute Gasteiger partial charge is 0.252 e. The van der Waals surface area contributed by atoms with E-state index in [0.717, 1.165) is 10.4 Å². The van der Waals surface area contributed by atoms with Gasteiger partial charge in [-0.3, -0.25) is 4.79 Å². The van der Waals surface area contributed by atoms with Crippen LogP contribution >= 0.6 is 15.9 Å². The number of hydrogen-bond donors (Lipinski definition) is 1. The normalized spacial score (nSPS) is 11.6. The fourth-order valence-electron chi connectivity index (χ4n) is 1.24. The van der Waals surface area contributed by atoms with Gasteiger partial charge in [0.25, 0.3) is 5.91 Å². The largest absolute Gasteiger partial charge is 0.351 e. The topological polar surface area (TPSA) is 66.5 Å². The SMILES string of the molecule is CN(C)S(=O)(=O)CCNC(=O)c1cc(F)ccc1Br. The van der Waals surface area contributed by atoms with Crippen LogP contribution in [0, 0.1) is 5.82 Å². The summed E-state index contributed by atoms with van der Waals surface area (Å²) in [6.45, 7) is -0.0394. The van der Waals surface area contributed by atoms with Crippen molar-refractivity contribution in [3.8, 4) is 0 Å². The van der Waals surface area contributed by atoms with E-state index >= 15 is 0 Å². The highest BCUT2D eigenvalue weighted by Crippen LogP contribution is 2.17. The monoisotopic (exact) mass is 352 g/mol. The summed E-state index contributed by atoms with van der Waals surface area (Å²) < 4.78 is 37.5. The summed E-state index contributed by atoms with van der Waals surface area (Å²) in [5, 5.41) is 2.44. The molecule has 1 N–H and O–H groups in total. The van der Waals surface area contributed by atoms with Crippen LogP contribution in [0.1, 0.15) is 10.4 Å². The van der Waals surface area contributed by atoms with Gasteiger partial charge in [0.15, 0.2) is 0 Å². The van der Waals surface area contributed by atoms with E-state index < -0.39 is 21.7 Å². The van der Waals surface area contributed by atoms with E-state index in [2.05, 4.69) is 21.2 Å². The fourth-order valence-corrected chi connectivity index (χ4v) is 2.39. The van der Waals surface area contributed by atoms with Gasteiger partial charge in [-0.05, 0) is 34.1 Å². The molecular weight excluding hydrogens is 339 g/mol. The zero-order valence-electron chi connectivity index (χ0n) is 10.5. The van der Waals surface area contributed by atoms with Gasteiger partial charge >= 0.3 is 0 Å². The second-order valence-corrected chi connectivity index (χ2v) is 7.14. The van der Waals surface area contributed by atoms with Crippen LogP contribution < -0.4 is 5.32 Å². The molecule has 19 heavy (non-hydrogen) atoms. The molecule has 1 aromatic rings. The molecule has 1 amide bonds. The van der Waals surface area contributed by atoms with Crippen LogP contribution in [0.2, 0.25) is 0 Å². The van der Waals surface area contributed by atoms with Crippen LogP contribution in [0.3, 0.4) is 0 Å². The third-order valence-corrected chi connectivity index (χ3v) is 4.90. The van der Waals surface area contributed by atoms with Crippen molar-refractivity contribution in [2.75, 3.05) is 26.4 Å². The summed E-state index contributed by atoms with van der Waals surface area (Å²) in [4.78, 5) is 11.8. The zero-order chi connectivity index (χ0) is 14.6. The summed E-state index contributed by atoms with van der Waals surface area (Å²) in [5.74, 6) is -1.27. The number of sulfonamides is 1. The van der Waals surface area contributed by atoms with Crippen molar-refractivity contribution in [3.63, 3.8) is 0 Å². The van der Waals surface area contributed by atoms with Crippen LogP contribution in [-0.4, -0.2) is 45.0 Å². The highest BCUT2D eigenvalue weighted by atomic mass is 79.9. The van der Waals surface area contributed by atoms with E-state index in [1.807, 2.05) is 0 Å². The lowest BCUT2D eigenvalue weighted by atomic mass is 10.2. The molecule has 0 unspecified atom stereocenters. The van der Waals surface area contributed by atoms with Crippen LogP contribution in [0.4, 0.5) is 4.39 Å². The van der Waals surface area contributed by atoms with Crippen LogP contribution in [0.25, 0.3) is 0 Å². The van der Waals surface area contributed by atoms with Crippen LogP contribution in [0.5, 0.6) is 0 Å². The van der Waals surface area contributed by atoms with Gasteiger partial charge in [0, 0.05) is 25.1 Å². The first-order valence-corrected chi connectivity index (χ1v) is 7.77. The number of hydrogen-bond acceptors (Lipinski definition) is 3. The average molecular weight is 353 g/mol. The van der Waals surface area contributed by atoms with Gasteiger partial charge < -0.3 is 5.32 Å². The molecule has 1 aromatic carbocycles. The highest BCUT2D eigenvalue weighted by molar-refractivity contribution is 9.10. The number of amides is 1. The van der Waals surface area contributed by atoms with Gasteiger partial charge in [-0.2, -0.15) is 0 Å². The van der Waals surface area contributed by atoms with Crippen molar-refractivity contribution in [3.05, 3.63) is 34.1 Å². The van der Waals surface area contributed by atoms with Gasteiger partial charge in [0.05, 0.1) is 11.3 Å². The lowest BCUT2D eigenvalue weighted by molar-refractivity contribution is 0.0955. The second-order valence-electron chi connectivity index (χ2n) is 3.98. The third kappa shape index (κ3) is 4.55. The molecule has 0 atom stereocenters. The Kier molecular flexibility index (Phi) is 5.45. The minimum absolute atomic E-state index is 0.0394. The standard InChI is InChI=1S/C11H14BrFN2O3S/c1-15(2)19(17,18)6-5-14-11(16)9-7-8(13)3-4-10(9)12/h3-4,7H,5-6H2,1-2H3,(H,14,16). The van der Waals surface area contributed by atoms with Gasteiger partial charge in [-0.25, -0.2) is 17.1 Å². The molecule has 0 bridgehead atoms. The van der Waals surface area contributed by atoms with E-state index in [-0.39, 0.29) is 17.9 Å². The number of rotatable bonds is 5. The van der Waals surface area contributed by atoms with E-state index in [1.165, 1.54) is 26.2 Å². The Hall–Kier alpha value is -0.990. The van der Waals surface area contributed by atoms with Gasteiger partial charge in [-0.1, -0.05) is 0 Å².